The molecule has 0 aliphatic carbocycles. The highest BCUT2D eigenvalue weighted by molar-refractivity contribution is 5.93. The molecule has 1 heterocycles. The Labute approximate surface area is 88.3 Å². The molecule has 0 saturated carbocycles. The van der Waals surface area contributed by atoms with E-state index in [0.717, 1.165) is 0 Å². The molecule has 1 N–H and O–H groups in total. The number of carbonyl (C=O) groups is 4. The third kappa shape index (κ3) is 3.40. The molecule has 1 unspecified atom stereocenters. The molecule has 0 aromatic carbocycles. The number of hydrogen-bond acceptors (Lipinski definition) is 7. The summed E-state index contributed by atoms with van der Waals surface area (Å²) in [5, 5.41) is 8.59. The molecule has 1 rings (SSSR count). The zero-order valence-electron chi connectivity index (χ0n) is 7.74. The van der Waals surface area contributed by atoms with Crippen LogP contribution in [0, 0.1) is 0 Å². The van der Waals surface area contributed by atoms with Crippen LogP contribution in [0.2, 0.25) is 0 Å². The van der Waals surface area contributed by atoms with E-state index >= 15 is 0 Å². The zero-order valence-corrected chi connectivity index (χ0v) is 7.74. The second kappa shape index (κ2) is 4.91. The molecule has 16 heavy (non-hydrogen) atoms. The lowest BCUT2D eigenvalue weighted by atomic mass is 10.2. The minimum absolute atomic E-state index is 0.639. The van der Waals surface area contributed by atoms with Crippen molar-refractivity contribution in [3.05, 3.63) is 12.2 Å². The Kier molecular flexibility index (Phi) is 3.59. The van der Waals surface area contributed by atoms with Crippen molar-refractivity contribution in [1.82, 2.24) is 0 Å². The van der Waals surface area contributed by atoms with E-state index < -0.39 is 36.4 Å². The van der Waals surface area contributed by atoms with Crippen LogP contribution in [-0.2, 0) is 33.7 Å². The first kappa shape index (κ1) is 11.7. The van der Waals surface area contributed by atoms with Gasteiger partial charge in [-0.1, -0.05) is 0 Å². The van der Waals surface area contributed by atoms with Crippen LogP contribution in [0.5, 0.6) is 0 Å². The summed E-state index contributed by atoms with van der Waals surface area (Å²) in [4.78, 5) is 51.0. The van der Waals surface area contributed by atoms with Crippen molar-refractivity contribution in [2.24, 2.45) is 0 Å². The third-order valence-corrected chi connectivity index (χ3v) is 1.46. The molecule has 1 atom stereocenters. The molecule has 1 aliphatic heterocycles. The van der Waals surface area contributed by atoms with Crippen molar-refractivity contribution in [2.75, 3.05) is 0 Å². The molecule has 0 saturated heterocycles. The highest BCUT2D eigenvalue weighted by Crippen LogP contribution is 2.04. The minimum atomic E-state index is -1.68. The Hall–Kier alpha value is -2.38. The topological polar surface area (TPSA) is 116 Å². The van der Waals surface area contributed by atoms with E-state index in [-0.39, 0.29) is 0 Å². The molecular formula is C8H6O8. The smallest absolute Gasteiger partial charge is 0.379 e. The van der Waals surface area contributed by atoms with E-state index in [9.17, 15) is 19.2 Å². The highest BCUT2D eigenvalue weighted by Gasteiger charge is 2.27. The summed E-state index contributed by atoms with van der Waals surface area (Å²) in [6.07, 6.45) is -1.12. The Morgan fingerprint density at radius 2 is 1.81 bits per heavy atom. The molecular weight excluding hydrogens is 224 g/mol. The van der Waals surface area contributed by atoms with Crippen molar-refractivity contribution in [1.29, 1.82) is 0 Å². The largest absolute Gasteiger partial charge is 0.478 e. The van der Waals surface area contributed by atoms with E-state index in [1.165, 1.54) is 0 Å². The van der Waals surface area contributed by atoms with Gasteiger partial charge in [0.05, 0.1) is 6.42 Å². The van der Waals surface area contributed by atoms with Crippen LogP contribution >= 0.6 is 0 Å². The van der Waals surface area contributed by atoms with E-state index in [1.807, 2.05) is 0 Å². The van der Waals surface area contributed by atoms with Gasteiger partial charge in [-0.15, -0.1) is 0 Å². The van der Waals surface area contributed by atoms with Gasteiger partial charge in [-0.25, -0.2) is 29.0 Å². The molecule has 0 aromatic heterocycles. The van der Waals surface area contributed by atoms with Crippen molar-refractivity contribution in [3.63, 3.8) is 0 Å². The fraction of sp³-hybridized carbons (Fsp3) is 0.250. The van der Waals surface area contributed by atoms with Gasteiger partial charge in [0, 0.05) is 12.2 Å². The first-order chi connectivity index (χ1) is 7.49. The molecule has 0 spiro atoms. The molecule has 1 aliphatic rings. The molecule has 0 fully saturated rings. The summed E-state index contributed by atoms with van der Waals surface area (Å²) in [5.41, 5.74) is 0. The summed E-state index contributed by atoms with van der Waals surface area (Å²) in [6.45, 7) is 0. The number of carbonyl (C=O) groups excluding carboxylic acids is 3. The number of ether oxygens (including phenoxy) is 1. The minimum Gasteiger partial charge on any atom is -0.478 e. The third-order valence-electron chi connectivity index (χ3n) is 1.46. The molecule has 0 radical (unpaired) electrons. The quantitative estimate of drug-likeness (QED) is 0.447. The van der Waals surface area contributed by atoms with Crippen LogP contribution in [0.4, 0.5) is 0 Å². The Morgan fingerprint density at radius 1 is 1.19 bits per heavy atom. The second-order valence-corrected chi connectivity index (χ2v) is 2.66. The lowest BCUT2D eigenvalue weighted by Crippen LogP contribution is -2.30. The van der Waals surface area contributed by atoms with Gasteiger partial charge in [-0.2, -0.15) is 0 Å². The van der Waals surface area contributed by atoms with Gasteiger partial charge in [-0.05, 0) is 0 Å². The fourth-order valence-electron chi connectivity index (χ4n) is 0.796. The summed E-state index contributed by atoms with van der Waals surface area (Å²) in [5.74, 6) is -4.80. The first-order valence-corrected chi connectivity index (χ1v) is 4.02. The predicted octanol–water partition coefficient (Wildman–Crippen LogP) is -1.06. The van der Waals surface area contributed by atoms with Crippen molar-refractivity contribution in [3.8, 4) is 0 Å². The maximum absolute atomic E-state index is 10.9. The Balaban J connectivity index is 2.83. The summed E-state index contributed by atoms with van der Waals surface area (Å²) in [6, 6.07) is 0. The maximum Gasteiger partial charge on any atom is 0.379 e. The van der Waals surface area contributed by atoms with Gasteiger partial charge in [0.2, 0.25) is 6.10 Å². The average molecular weight is 230 g/mol. The van der Waals surface area contributed by atoms with E-state index in [4.69, 9.17) is 5.11 Å². The molecule has 8 heteroatoms. The van der Waals surface area contributed by atoms with E-state index in [0.29, 0.717) is 12.2 Å². The number of cyclic esters (lactones) is 1. The SMILES string of the molecule is O=C1/C=C\C(=O)OC(C(=O)O)CC(=O)OO1. The summed E-state index contributed by atoms with van der Waals surface area (Å²) in [7, 11) is 0. The molecule has 86 valence electrons. The van der Waals surface area contributed by atoms with Gasteiger partial charge >= 0.3 is 23.9 Å². The van der Waals surface area contributed by atoms with Gasteiger partial charge in [-0.3, -0.25) is 0 Å². The van der Waals surface area contributed by atoms with Crippen LogP contribution in [0.25, 0.3) is 0 Å². The average Bonchev–Trinajstić information content (AvgIpc) is 2.21. The monoisotopic (exact) mass is 230 g/mol. The van der Waals surface area contributed by atoms with Crippen LogP contribution in [0.15, 0.2) is 12.2 Å². The molecule has 0 aromatic rings. The maximum atomic E-state index is 10.9. The molecule has 8 nitrogen and oxygen atoms in total. The van der Waals surface area contributed by atoms with Gasteiger partial charge < -0.3 is 9.84 Å². The van der Waals surface area contributed by atoms with Crippen LogP contribution in [-0.4, -0.2) is 35.1 Å². The van der Waals surface area contributed by atoms with Gasteiger partial charge in [0.15, 0.2) is 0 Å². The second-order valence-electron chi connectivity index (χ2n) is 2.66. The number of hydrogen-bond donors (Lipinski definition) is 1. The first-order valence-electron chi connectivity index (χ1n) is 4.02. The predicted molar refractivity (Wildman–Crippen MR) is 43.5 cm³/mol. The summed E-state index contributed by atoms with van der Waals surface area (Å²) < 4.78 is 4.37. The van der Waals surface area contributed by atoms with Crippen molar-refractivity contribution < 1.29 is 38.8 Å². The summed E-state index contributed by atoms with van der Waals surface area (Å²) >= 11 is 0. The lowest BCUT2D eigenvalue weighted by Gasteiger charge is -2.11. The van der Waals surface area contributed by atoms with Crippen molar-refractivity contribution >= 4 is 23.9 Å². The lowest BCUT2D eigenvalue weighted by molar-refractivity contribution is -0.256. The van der Waals surface area contributed by atoms with E-state index in [2.05, 4.69) is 14.5 Å². The molecule has 0 amide bonds. The standard InChI is InChI=1S/C8H6O8/c9-5-1-2-6(10)15-16-7(11)3-4(14-5)8(12)13/h1-2,4H,3H2,(H,12,13)/b2-1-. The van der Waals surface area contributed by atoms with Gasteiger partial charge in [0.1, 0.15) is 0 Å². The number of esters is 1. The zero-order chi connectivity index (χ0) is 12.1. The molecule has 0 bridgehead atoms. The Morgan fingerprint density at radius 3 is 2.44 bits per heavy atom. The van der Waals surface area contributed by atoms with Gasteiger partial charge in [0.25, 0.3) is 0 Å². The van der Waals surface area contributed by atoms with Crippen LogP contribution in [0.1, 0.15) is 6.42 Å². The van der Waals surface area contributed by atoms with E-state index in [1.54, 1.807) is 0 Å². The number of aliphatic carboxylic acids is 1. The van der Waals surface area contributed by atoms with Crippen LogP contribution in [0.3, 0.4) is 0 Å². The fourth-order valence-corrected chi connectivity index (χ4v) is 0.796. The number of carboxylic acids is 1. The highest BCUT2D eigenvalue weighted by atomic mass is 17.2. The number of carboxylic acid groups (broad SMARTS) is 1. The normalized spacial score (nSPS) is 23.8. The Bertz CT molecular complexity index is 368. The van der Waals surface area contributed by atoms with Crippen molar-refractivity contribution in [2.45, 2.75) is 12.5 Å². The number of rotatable bonds is 1. The van der Waals surface area contributed by atoms with Crippen LogP contribution < -0.4 is 0 Å².